The molecular weight excluding hydrogens is 466 g/mol. The second kappa shape index (κ2) is 9.90. The molecule has 5 rings (SSSR count). The minimum Gasteiger partial charge on any atom is -0.283 e. The number of benzene rings is 2. The molecular formula is C29H33N5OS. The lowest BCUT2D eigenvalue weighted by molar-refractivity contribution is 0.497. The van der Waals surface area contributed by atoms with Crippen molar-refractivity contribution in [3.8, 4) is 16.9 Å². The third-order valence-corrected chi connectivity index (χ3v) is 8.02. The van der Waals surface area contributed by atoms with Crippen LogP contribution >= 0.6 is 11.3 Å². The molecule has 36 heavy (non-hydrogen) atoms. The van der Waals surface area contributed by atoms with Crippen molar-refractivity contribution in [2.24, 2.45) is 23.1 Å². The Hall–Kier alpha value is -3.45. The number of para-hydroxylation sites is 1. The van der Waals surface area contributed by atoms with Crippen LogP contribution < -0.4 is 10.4 Å². The van der Waals surface area contributed by atoms with Gasteiger partial charge in [-0.25, -0.2) is 14.4 Å². The predicted molar refractivity (Wildman–Crippen MR) is 149 cm³/mol. The zero-order chi connectivity index (χ0) is 25.4. The zero-order valence-electron chi connectivity index (χ0n) is 21.7. The van der Waals surface area contributed by atoms with Gasteiger partial charge in [0.05, 0.1) is 17.1 Å². The number of hydrogen-bond donors (Lipinski definition) is 0. The van der Waals surface area contributed by atoms with Crippen LogP contribution in [-0.2, 0) is 7.05 Å². The monoisotopic (exact) mass is 499 g/mol. The SMILES string of the molecule is Cc1ccc(-c2csc(=Nc3c(C)n(C)n(-c4ccccc4)c3=O)n2N=C2CCCC(C)C2)cc1C. The van der Waals surface area contributed by atoms with Crippen LogP contribution in [0.5, 0.6) is 0 Å². The van der Waals surface area contributed by atoms with Gasteiger partial charge in [-0.05, 0) is 81.7 Å². The number of rotatable bonds is 4. The molecule has 7 heteroatoms. The van der Waals surface area contributed by atoms with Crippen LogP contribution in [0, 0.1) is 26.7 Å². The predicted octanol–water partition coefficient (Wildman–Crippen LogP) is 6.28. The fourth-order valence-electron chi connectivity index (χ4n) is 4.84. The lowest BCUT2D eigenvalue weighted by atomic mass is 9.89. The van der Waals surface area contributed by atoms with Crippen molar-refractivity contribution in [3.63, 3.8) is 0 Å². The number of thiazole rings is 1. The van der Waals surface area contributed by atoms with Crippen LogP contribution in [0.4, 0.5) is 5.69 Å². The number of nitrogens with zero attached hydrogens (tertiary/aromatic N) is 5. The van der Waals surface area contributed by atoms with Crippen LogP contribution in [0.3, 0.4) is 0 Å². The Morgan fingerprint density at radius 3 is 2.53 bits per heavy atom. The van der Waals surface area contributed by atoms with Crippen molar-refractivity contribution < 1.29 is 0 Å². The Balaban J connectivity index is 1.71. The van der Waals surface area contributed by atoms with E-state index in [0.717, 1.165) is 41.9 Å². The van der Waals surface area contributed by atoms with E-state index in [0.29, 0.717) is 16.4 Å². The van der Waals surface area contributed by atoms with E-state index >= 15 is 0 Å². The first kappa shape index (κ1) is 24.3. The first-order valence-corrected chi connectivity index (χ1v) is 13.4. The molecule has 1 saturated carbocycles. The minimum atomic E-state index is -0.132. The largest absolute Gasteiger partial charge is 0.297 e. The maximum absolute atomic E-state index is 13.5. The maximum atomic E-state index is 13.5. The van der Waals surface area contributed by atoms with Gasteiger partial charge >= 0.3 is 0 Å². The average Bonchev–Trinajstić information content (AvgIpc) is 3.35. The van der Waals surface area contributed by atoms with Crippen molar-refractivity contribution in [1.29, 1.82) is 0 Å². The van der Waals surface area contributed by atoms with Gasteiger partial charge in [0.15, 0.2) is 5.69 Å². The Bertz CT molecular complexity index is 1570. The molecule has 0 radical (unpaired) electrons. The fourth-order valence-corrected chi connectivity index (χ4v) is 5.68. The van der Waals surface area contributed by atoms with E-state index in [1.54, 1.807) is 4.68 Å². The van der Waals surface area contributed by atoms with Gasteiger partial charge in [-0.15, -0.1) is 11.3 Å². The smallest absolute Gasteiger partial charge is 0.283 e. The number of hydrogen-bond acceptors (Lipinski definition) is 4. The lowest BCUT2D eigenvalue weighted by Gasteiger charge is -2.19. The van der Waals surface area contributed by atoms with Crippen molar-refractivity contribution in [1.82, 2.24) is 14.0 Å². The molecule has 1 fully saturated rings. The number of aryl methyl sites for hydroxylation is 2. The summed E-state index contributed by atoms with van der Waals surface area (Å²) >= 11 is 1.53. The van der Waals surface area contributed by atoms with E-state index in [2.05, 4.69) is 44.4 Å². The Morgan fingerprint density at radius 2 is 1.81 bits per heavy atom. The first-order valence-electron chi connectivity index (χ1n) is 12.6. The zero-order valence-corrected chi connectivity index (χ0v) is 22.5. The second-order valence-electron chi connectivity index (χ2n) is 9.90. The van der Waals surface area contributed by atoms with Gasteiger partial charge in [-0.3, -0.25) is 9.48 Å². The molecule has 1 atom stereocenters. The van der Waals surface area contributed by atoms with Crippen LogP contribution in [0.15, 0.2) is 68.8 Å². The number of aromatic nitrogens is 3. The van der Waals surface area contributed by atoms with Crippen molar-refractivity contribution in [2.45, 2.75) is 53.4 Å². The Labute approximate surface area is 215 Å². The highest BCUT2D eigenvalue weighted by Gasteiger charge is 2.19. The molecule has 186 valence electrons. The van der Waals surface area contributed by atoms with Crippen LogP contribution in [0.1, 0.15) is 49.4 Å². The summed E-state index contributed by atoms with van der Waals surface area (Å²) in [6.07, 6.45) is 4.41. The van der Waals surface area contributed by atoms with Gasteiger partial charge in [0.25, 0.3) is 5.56 Å². The topological polar surface area (TPSA) is 56.6 Å². The molecule has 2 aromatic carbocycles. The molecule has 0 amide bonds. The minimum absolute atomic E-state index is 0.132. The van der Waals surface area contributed by atoms with E-state index in [-0.39, 0.29) is 5.56 Å². The summed E-state index contributed by atoms with van der Waals surface area (Å²) in [5.41, 5.74) is 7.77. The van der Waals surface area contributed by atoms with E-state index in [4.69, 9.17) is 10.1 Å². The highest BCUT2D eigenvalue weighted by molar-refractivity contribution is 7.07. The van der Waals surface area contributed by atoms with Gasteiger partial charge in [0.2, 0.25) is 4.80 Å². The van der Waals surface area contributed by atoms with E-state index in [1.807, 2.05) is 53.7 Å². The molecule has 0 bridgehead atoms. The molecule has 0 saturated heterocycles. The standard InChI is InChI=1S/C29H33N5OS/c1-19-10-9-11-24(16-19)31-33-26(23-15-14-20(2)21(3)17-23)18-36-29(33)30-27-22(4)32(5)34(28(27)35)25-12-7-6-8-13-25/h6-8,12-15,17-19H,9-11,16H2,1-5H3. The summed E-state index contributed by atoms with van der Waals surface area (Å²) in [4.78, 5) is 19.2. The van der Waals surface area contributed by atoms with Crippen molar-refractivity contribution in [3.05, 3.63) is 85.9 Å². The molecule has 0 spiro atoms. The second-order valence-corrected chi connectivity index (χ2v) is 10.7. The first-order chi connectivity index (χ1) is 17.3. The molecule has 2 heterocycles. The molecule has 1 aliphatic rings. The van der Waals surface area contributed by atoms with E-state index in [9.17, 15) is 4.79 Å². The fraction of sp³-hybridized carbons (Fsp3) is 0.345. The van der Waals surface area contributed by atoms with Crippen molar-refractivity contribution in [2.75, 3.05) is 0 Å². The Morgan fingerprint density at radius 1 is 1.03 bits per heavy atom. The third kappa shape index (κ3) is 4.55. The van der Waals surface area contributed by atoms with E-state index in [1.165, 1.54) is 34.6 Å². The summed E-state index contributed by atoms with van der Waals surface area (Å²) in [6.45, 7) is 8.49. The molecule has 4 aromatic rings. The third-order valence-electron chi connectivity index (χ3n) is 7.21. The molecule has 0 aliphatic heterocycles. The summed E-state index contributed by atoms with van der Waals surface area (Å²) in [5.74, 6) is 0.636. The van der Waals surface area contributed by atoms with Crippen LogP contribution in [0.2, 0.25) is 0 Å². The lowest BCUT2D eigenvalue weighted by Crippen LogP contribution is -2.20. The average molecular weight is 500 g/mol. The molecule has 2 aromatic heterocycles. The summed E-state index contributed by atoms with van der Waals surface area (Å²) in [5, 5.41) is 7.24. The van der Waals surface area contributed by atoms with E-state index < -0.39 is 0 Å². The normalized spacial score (nSPS) is 17.8. The van der Waals surface area contributed by atoms with Crippen LogP contribution in [0.25, 0.3) is 16.9 Å². The highest BCUT2D eigenvalue weighted by atomic mass is 32.1. The summed E-state index contributed by atoms with van der Waals surface area (Å²) in [6, 6.07) is 16.2. The molecule has 6 nitrogen and oxygen atoms in total. The maximum Gasteiger partial charge on any atom is 0.297 e. The Kier molecular flexibility index (Phi) is 6.67. The van der Waals surface area contributed by atoms with Gasteiger partial charge < -0.3 is 0 Å². The quantitative estimate of drug-likeness (QED) is 0.326. The van der Waals surface area contributed by atoms with Gasteiger partial charge in [0.1, 0.15) is 0 Å². The van der Waals surface area contributed by atoms with Crippen LogP contribution in [-0.4, -0.2) is 19.8 Å². The van der Waals surface area contributed by atoms with Gasteiger partial charge in [-0.1, -0.05) is 37.3 Å². The molecule has 0 N–H and O–H groups in total. The van der Waals surface area contributed by atoms with Gasteiger partial charge in [-0.2, -0.15) is 5.10 Å². The highest BCUT2D eigenvalue weighted by Crippen LogP contribution is 2.26. The molecule has 1 unspecified atom stereocenters. The molecule has 1 aliphatic carbocycles. The van der Waals surface area contributed by atoms with Gasteiger partial charge in [0, 0.05) is 23.7 Å². The van der Waals surface area contributed by atoms with Crippen molar-refractivity contribution >= 4 is 22.7 Å². The summed E-state index contributed by atoms with van der Waals surface area (Å²) in [7, 11) is 1.90. The summed E-state index contributed by atoms with van der Waals surface area (Å²) < 4.78 is 5.50.